The predicted octanol–water partition coefficient (Wildman–Crippen LogP) is 5.83. The highest BCUT2D eigenvalue weighted by Gasteiger charge is 2.22. The van der Waals surface area contributed by atoms with E-state index >= 15 is 0 Å². The summed E-state index contributed by atoms with van der Waals surface area (Å²) in [7, 11) is 0. The first kappa shape index (κ1) is 15.0. The lowest BCUT2D eigenvalue weighted by Crippen LogP contribution is -2.02. The van der Waals surface area contributed by atoms with E-state index in [-0.39, 0.29) is 16.3 Å². The monoisotopic (exact) mass is 432 g/mol. The molecule has 0 aliphatic heterocycles. The van der Waals surface area contributed by atoms with Gasteiger partial charge >= 0.3 is 0 Å². The number of aliphatic hydroxyl groups excluding tert-OH is 1. The first-order chi connectivity index (χ1) is 9.99. The van der Waals surface area contributed by atoms with Gasteiger partial charge in [-0.1, -0.05) is 29.8 Å². The van der Waals surface area contributed by atoms with Gasteiger partial charge in [0, 0.05) is 15.4 Å². The normalized spacial score (nSPS) is 12.8. The van der Waals surface area contributed by atoms with Crippen molar-refractivity contribution in [1.29, 1.82) is 0 Å². The van der Waals surface area contributed by atoms with E-state index in [2.05, 4.69) is 31.9 Å². The van der Waals surface area contributed by atoms with E-state index in [9.17, 15) is 9.50 Å². The minimum atomic E-state index is -1.23. The number of benzene rings is 2. The third-order valence-electron chi connectivity index (χ3n) is 3.14. The van der Waals surface area contributed by atoms with E-state index < -0.39 is 11.9 Å². The standard InChI is InChI=1S/C15H8Br2ClFO2/c16-9-5-4-8(13(19)12(9)18)14(20)11-6-7-2-1-3-10(17)15(7)21-11/h1-6,14,20H. The van der Waals surface area contributed by atoms with Crippen LogP contribution >= 0.6 is 43.5 Å². The van der Waals surface area contributed by atoms with Crippen molar-refractivity contribution in [2.24, 2.45) is 0 Å². The average molecular weight is 434 g/mol. The third-order valence-corrected chi connectivity index (χ3v) is 5.03. The lowest BCUT2D eigenvalue weighted by atomic mass is 10.1. The van der Waals surface area contributed by atoms with Crippen molar-refractivity contribution in [3.63, 3.8) is 0 Å². The summed E-state index contributed by atoms with van der Waals surface area (Å²) in [6, 6.07) is 10.3. The summed E-state index contributed by atoms with van der Waals surface area (Å²) in [5.74, 6) is -0.410. The Labute approximate surface area is 141 Å². The summed E-state index contributed by atoms with van der Waals surface area (Å²) >= 11 is 12.4. The van der Waals surface area contributed by atoms with Gasteiger partial charge in [-0.2, -0.15) is 0 Å². The van der Waals surface area contributed by atoms with E-state index in [1.807, 2.05) is 18.2 Å². The molecule has 0 radical (unpaired) electrons. The molecule has 0 amide bonds. The van der Waals surface area contributed by atoms with Crippen molar-refractivity contribution in [2.75, 3.05) is 0 Å². The van der Waals surface area contributed by atoms with Gasteiger partial charge in [0.2, 0.25) is 0 Å². The zero-order valence-electron chi connectivity index (χ0n) is 10.4. The Morgan fingerprint density at radius 2 is 1.90 bits per heavy atom. The lowest BCUT2D eigenvalue weighted by molar-refractivity contribution is 0.187. The molecule has 1 heterocycles. The van der Waals surface area contributed by atoms with Crippen LogP contribution in [0.4, 0.5) is 4.39 Å². The zero-order chi connectivity index (χ0) is 15.1. The van der Waals surface area contributed by atoms with Crippen LogP contribution in [0, 0.1) is 5.82 Å². The highest BCUT2D eigenvalue weighted by Crippen LogP contribution is 2.36. The molecule has 3 aromatic rings. The van der Waals surface area contributed by atoms with E-state index in [4.69, 9.17) is 16.0 Å². The van der Waals surface area contributed by atoms with Crippen LogP contribution in [0.3, 0.4) is 0 Å². The quantitative estimate of drug-likeness (QED) is 0.515. The molecule has 1 N–H and O–H groups in total. The van der Waals surface area contributed by atoms with Crippen LogP contribution in [0.2, 0.25) is 5.02 Å². The minimum Gasteiger partial charge on any atom is -0.457 e. The second kappa shape index (κ2) is 5.72. The van der Waals surface area contributed by atoms with Crippen LogP contribution in [0.25, 0.3) is 11.0 Å². The highest BCUT2D eigenvalue weighted by atomic mass is 79.9. The molecule has 0 saturated carbocycles. The van der Waals surface area contributed by atoms with Crippen molar-refractivity contribution in [3.8, 4) is 0 Å². The molecule has 3 rings (SSSR count). The van der Waals surface area contributed by atoms with Gasteiger partial charge in [-0.15, -0.1) is 0 Å². The third kappa shape index (κ3) is 2.63. The van der Waals surface area contributed by atoms with Gasteiger partial charge in [-0.05, 0) is 50.1 Å². The maximum Gasteiger partial charge on any atom is 0.149 e. The first-order valence-corrected chi connectivity index (χ1v) is 7.95. The van der Waals surface area contributed by atoms with Gasteiger partial charge in [-0.25, -0.2) is 4.39 Å². The summed E-state index contributed by atoms with van der Waals surface area (Å²) in [5, 5.41) is 11.1. The summed E-state index contributed by atoms with van der Waals surface area (Å²) in [5.41, 5.74) is 0.675. The maximum atomic E-state index is 14.2. The second-order valence-corrected chi connectivity index (χ2v) is 6.56. The van der Waals surface area contributed by atoms with Gasteiger partial charge < -0.3 is 9.52 Å². The molecule has 0 bridgehead atoms. The number of furan rings is 1. The lowest BCUT2D eigenvalue weighted by Gasteiger charge is -2.11. The van der Waals surface area contributed by atoms with Crippen molar-refractivity contribution in [2.45, 2.75) is 6.10 Å². The molecular weight excluding hydrogens is 426 g/mol. The molecule has 1 atom stereocenters. The number of hydrogen-bond donors (Lipinski definition) is 1. The molecule has 0 aliphatic rings. The molecule has 1 aromatic heterocycles. The molecular formula is C15H8Br2ClFO2. The number of halogens is 4. The molecule has 108 valence electrons. The molecule has 6 heteroatoms. The van der Waals surface area contributed by atoms with E-state index in [0.717, 1.165) is 9.86 Å². The number of hydrogen-bond acceptors (Lipinski definition) is 2. The summed E-state index contributed by atoms with van der Waals surface area (Å²) in [6.07, 6.45) is -1.23. The fourth-order valence-electron chi connectivity index (χ4n) is 2.09. The fraction of sp³-hybridized carbons (Fsp3) is 0.0667. The smallest absolute Gasteiger partial charge is 0.149 e. The second-order valence-electron chi connectivity index (χ2n) is 4.47. The summed E-state index contributed by atoms with van der Waals surface area (Å²) in [4.78, 5) is 0. The SMILES string of the molecule is OC(c1cc2cccc(Br)c2o1)c1ccc(Br)c(Cl)c1F. The maximum absolute atomic E-state index is 14.2. The average Bonchev–Trinajstić information content (AvgIpc) is 2.90. The van der Waals surface area contributed by atoms with Crippen molar-refractivity contribution >= 4 is 54.4 Å². The van der Waals surface area contributed by atoms with Crippen LogP contribution in [0.5, 0.6) is 0 Å². The van der Waals surface area contributed by atoms with Crippen LogP contribution in [-0.4, -0.2) is 5.11 Å². The van der Waals surface area contributed by atoms with Crippen LogP contribution < -0.4 is 0 Å². The highest BCUT2D eigenvalue weighted by molar-refractivity contribution is 9.11. The van der Waals surface area contributed by atoms with Crippen LogP contribution in [-0.2, 0) is 0 Å². The van der Waals surface area contributed by atoms with Crippen LogP contribution in [0.1, 0.15) is 17.4 Å². The van der Waals surface area contributed by atoms with Gasteiger partial charge in [0.05, 0.1) is 9.50 Å². The molecule has 0 aliphatic carbocycles. The van der Waals surface area contributed by atoms with Crippen molar-refractivity contribution in [3.05, 3.63) is 67.5 Å². The Bertz CT molecular complexity index is 832. The number of aliphatic hydroxyl groups is 1. The Balaban J connectivity index is 2.10. The van der Waals surface area contributed by atoms with Crippen molar-refractivity contribution in [1.82, 2.24) is 0 Å². The van der Waals surface area contributed by atoms with E-state index in [1.165, 1.54) is 6.07 Å². The molecule has 2 nitrogen and oxygen atoms in total. The molecule has 21 heavy (non-hydrogen) atoms. The van der Waals surface area contributed by atoms with Gasteiger partial charge in [0.25, 0.3) is 0 Å². The van der Waals surface area contributed by atoms with E-state index in [0.29, 0.717) is 10.1 Å². The zero-order valence-corrected chi connectivity index (χ0v) is 14.3. The Kier molecular flexibility index (Phi) is 4.10. The van der Waals surface area contributed by atoms with Gasteiger partial charge in [0.1, 0.15) is 23.3 Å². The number of para-hydroxylation sites is 1. The Morgan fingerprint density at radius 1 is 1.14 bits per heavy atom. The number of fused-ring (bicyclic) bond motifs is 1. The molecule has 0 spiro atoms. The topological polar surface area (TPSA) is 33.4 Å². The molecule has 0 fully saturated rings. The summed E-state index contributed by atoms with van der Waals surface area (Å²) in [6.45, 7) is 0. The van der Waals surface area contributed by atoms with E-state index in [1.54, 1.807) is 12.1 Å². The molecule has 1 unspecified atom stereocenters. The Morgan fingerprint density at radius 3 is 2.62 bits per heavy atom. The predicted molar refractivity (Wildman–Crippen MR) is 87.1 cm³/mol. The number of rotatable bonds is 2. The molecule has 2 aromatic carbocycles. The molecule has 0 saturated heterocycles. The van der Waals surface area contributed by atoms with Crippen molar-refractivity contribution < 1.29 is 13.9 Å². The minimum absolute atomic E-state index is 0.0659. The largest absolute Gasteiger partial charge is 0.457 e. The van der Waals surface area contributed by atoms with Gasteiger partial charge in [-0.3, -0.25) is 0 Å². The summed E-state index contributed by atoms with van der Waals surface area (Å²) < 4.78 is 21.0. The Hall–Kier alpha value is -0.880. The first-order valence-electron chi connectivity index (χ1n) is 5.98. The fourth-order valence-corrected chi connectivity index (χ4v) is 3.03. The van der Waals surface area contributed by atoms with Gasteiger partial charge in [0.15, 0.2) is 0 Å². The van der Waals surface area contributed by atoms with Crippen LogP contribution in [0.15, 0.2) is 49.8 Å².